The van der Waals surface area contributed by atoms with Crippen molar-refractivity contribution >= 4 is 0 Å². The molecule has 0 aliphatic carbocycles. The van der Waals surface area contributed by atoms with Crippen LogP contribution in [0.15, 0.2) is 66.7 Å². The molecule has 0 unspecified atom stereocenters. The van der Waals surface area contributed by atoms with Crippen LogP contribution in [0.1, 0.15) is 12.5 Å². The quantitative estimate of drug-likeness (QED) is 0.690. The molecule has 0 aliphatic heterocycles. The molecule has 0 N–H and O–H groups in total. The van der Waals surface area contributed by atoms with Crippen LogP contribution < -0.4 is 4.74 Å². The molecule has 2 aromatic rings. The molecule has 0 saturated carbocycles. The van der Waals surface area contributed by atoms with Gasteiger partial charge < -0.3 is 4.74 Å². The molecule has 0 saturated heterocycles. The number of hydrogen-bond acceptors (Lipinski definition) is 1. The van der Waals surface area contributed by atoms with Gasteiger partial charge in [-0.25, -0.2) is 0 Å². The summed E-state index contributed by atoms with van der Waals surface area (Å²) in [6, 6.07) is 18.0. The molecule has 2 rings (SSSR count). The van der Waals surface area contributed by atoms with E-state index in [1.807, 2.05) is 55.5 Å². The maximum Gasteiger partial charge on any atom is 0.130 e. The van der Waals surface area contributed by atoms with Gasteiger partial charge in [0.05, 0.1) is 0 Å². The van der Waals surface area contributed by atoms with Crippen LogP contribution in [0.25, 0.3) is 0 Å². The first-order valence-electron chi connectivity index (χ1n) is 5.82. The topological polar surface area (TPSA) is 9.23 Å². The van der Waals surface area contributed by atoms with Crippen molar-refractivity contribution in [1.82, 2.24) is 0 Å². The second-order valence-electron chi connectivity index (χ2n) is 3.80. The maximum atomic E-state index is 5.87. The molecule has 0 aromatic heterocycles. The van der Waals surface area contributed by atoms with E-state index in [0.29, 0.717) is 0 Å². The van der Waals surface area contributed by atoms with E-state index >= 15 is 0 Å². The van der Waals surface area contributed by atoms with Crippen molar-refractivity contribution in [2.75, 3.05) is 0 Å². The molecule has 0 heterocycles. The van der Waals surface area contributed by atoms with Gasteiger partial charge in [0, 0.05) is 0 Å². The van der Waals surface area contributed by atoms with Crippen molar-refractivity contribution in [3.05, 3.63) is 72.3 Å². The van der Waals surface area contributed by atoms with Crippen LogP contribution in [0.4, 0.5) is 0 Å². The molecule has 17 heavy (non-hydrogen) atoms. The summed E-state index contributed by atoms with van der Waals surface area (Å²) in [6.07, 6.45) is 5.09. The van der Waals surface area contributed by atoms with Gasteiger partial charge in [0.2, 0.25) is 0 Å². The maximum absolute atomic E-state index is 5.87. The number of ether oxygens (including phenoxy) is 1. The van der Waals surface area contributed by atoms with Crippen LogP contribution in [-0.2, 0) is 6.42 Å². The monoisotopic (exact) mass is 224 g/mol. The largest absolute Gasteiger partial charge is 0.457 e. The summed E-state index contributed by atoms with van der Waals surface area (Å²) in [6.45, 7) is 2.03. The molecule has 0 amide bonds. The highest BCUT2D eigenvalue weighted by atomic mass is 16.5. The highest BCUT2D eigenvalue weighted by Crippen LogP contribution is 2.25. The zero-order valence-corrected chi connectivity index (χ0v) is 9.97. The van der Waals surface area contributed by atoms with E-state index in [0.717, 1.165) is 17.9 Å². The van der Waals surface area contributed by atoms with Crippen molar-refractivity contribution in [2.24, 2.45) is 0 Å². The van der Waals surface area contributed by atoms with Gasteiger partial charge in [0.25, 0.3) is 0 Å². The Morgan fingerprint density at radius 2 is 1.65 bits per heavy atom. The molecular weight excluding hydrogens is 208 g/mol. The molecule has 1 nitrogen and oxygen atoms in total. The molecular formula is C16H16O. The smallest absolute Gasteiger partial charge is 0.130 e. The average Bonchev–Trinajstić information content (AvgIpc) is 2.39. The van der Waals surface area contributed by atoms with Crippen molar-refractivity contribution in [2.45, 2.75) is 13.3 Å². The van der Waals surface area contributed by atoms with Gasteiger partial charge in [-0.1, -0.05) is 48.6 Å². The van der Waals surface area contributed by atoms with E-state index in [1.54, 1.807) is 0 Å². The summed E-state index contributed by atoms with van der Waals surface area (Å²) >= 11 is 0. The fraction of sp³-hybridized carbons (Fsp3) is 0.125. The lowest BCUT2D eigenvalue weighted by molar-refractivity contribution is 0.477. The van der Waals surface area contributed by atoms with Gasteiger partial charge in [0.15, 0.2) is 0 Å². The zero-order chi connectivity index (χ0) is 11.9. The third-order valence-corrected chi connectivity index (χ3v) is 2.52. The molecule has 0 bridgehead atoms. The Morgan fingerprint density at radius 1 is 0.941 bits per heavy atom. The van der Waals surface area contributed by atoms with Crippen molar-refractivity contribution in [3.63, 3.8) is 0 Å². The van der Waals surface area contributed by atoms with Crippen molar-refractivity contribution < 1.29 is 4.74 Å². The zero-order valence-electron chi connectivity index (χ0n) is 9.97. The van der Waals surface area contributed by atoms with Crippen LogP contribution in [0.5, 0.6) is 11.5 Å². The summed E-state index contributed by atoms with van der Waals surface area (Å²) in [5.41, 5.74) is 1.20. The highest BCUT2D eigenvalue weighted by molar-refractivity contribution is 5.38. The van der Waals surface area contributed by atoms with Gasteiger partial charge >= 0.3 is 0 Å². The highest BCUT2D eigenvalue weighted by Gasteiger charge is 2.02. The molecule has 0 fully saturated rings. The normalized spacial score (nSPS) is 10.6. The lowest BCUT2D eigenvalue weighted by Gasteiger charge is -2.09. The van der Waals surface area contributed by atoms with E-state index in [4.69, 9.17) is 4.74 Å². The van der Waals surface area contributed by atoms with Crippen LogP contribution >= 0.6 is 0 Å². The van der Waals surface area contributed by atoms with Crippen molar-refractivity contribution in [1.29, 1.82) is 0 Å². The number of benzene rings is 2. The van der Waals surface area contributed by atoms with Gasteiger partial charge in [-0.05, 0) is 37.1 Å². The lowest BCUT2D eigenvalue weighted by Crippen LogP contribution is -1.90. The van der Waals surface area contributed by atoms with Gasteiger partial charge in [0.1, 0.15) is 11.5 Å². The fourth-order valence-corrected chi connectivity index (χ4v) is 1.63. The third-order valence-electron chi connectivity index (χ3n) is 2.52. The number of para-hydroxylation sites is 2. The Balaban J connectivity index is 2.20. The third kappa shape index (κ3) is 3.22. The second kappa shape index (κ2) is 5.90. The predicted molar refractivity (Wildman–Crippen MR) is 71.5 cm³/mol. The van der Waals surface area contributed by atoms with Gasteiger partial charge in [-0.15, -0.1) is 0 Å². The Morgan fingerprint density at radius 3 is 2.41 bits per heavy atom. The van der Waals surface area contributed by atoms with E-state index < -0.39 is 0 Å². The summed E-state index contributed by atoms with van der Waals surface area (Å²) in [5.74, 6) is 1.80. The van der Waals surface area contributed by atoms with E-state index in [1.165, 1.54) is 5.56 Å². The first-order chi connectivity index (χ1) is 8.40. The summed E-state index contributed by atoms with van der Waals surface area (Å²) in [7, 11) is 0. The number of hydrogen-bond donors (Lipinski definition) is 0. The molecule has 86 valence electrons. The minimum Gasteiger partial charge on any atom is -0.457 e. The summed E-state index contributed by atoms with van der Waals surface area (Å²) < 4.78 is 5.87. The second-order valence-corrected chi connectivity index (χ2v) is 3.80. The van der Waals surface area contributed by atoms with Crippen LogP contribution in [0.2, 0.25) is 0 Å². The number of rotatable bonds is 4. The Labute approximate surface area is 102 Å². The molecule has 0 aliphatic rings. The summed E-state index contributed by atoms with van der Waals surface area (Å²) in [5, 5.41) is 0. The number of allylic oxidation sites excluding steroid dienone is 2. The minimum atomic E-state index is 0.875. The van der Waals surface area contributed by atoms with Crippen LogP contribution in [-0.4, -0.2) is 0 Å². The molecule has 1 heteroatoms. The van der Waals surface area contributed by atoms with E-state index in [-0.39, 0.29) is 0 Å². The minimum absolute atomic E-state index is 0.875. The fourth-order valence-electron chi connectivity index (χ4n) is 1.63. The Kier molecular flexibility index (Phi) is 3.98. The van der Waals surface area contributed by atoms with E-state index in [9.17, 15) is 0 Å². The van der Waals surface area contributed by atoms with Crippen LogP contribution in [0.3, 0.4) is 0 Å². The SMILES string of the molecule is CC=CCc1ccccc1Oc1ccccc1. The van der Waals surface area contributed by atoms with Gasteiger partial charge in [-0.2, -0.15) is 0 Å². The van der Waals surface area contributed by atoms with E-state index in [2.05, 4.69) is 18.2 Å². The first-order valence-corrected chi connectivity index (χ1v) is 5.82. The Hall–Kier alpha value is -2.02. The molecule has 0 atom stereocenters. The average molecular weight is 224 g/mol. The molecule has 0 spiro atoms. The standard InChI is InChI=1S/C16H16O/c1-2-3-9-14-10-7-8-13-16(14)17-15-11-5-4-6-12-15/h2-8,10-13H,9H2,1H3. The predicted octanol–water partition coefficient (Wildman–Crippen LogP) is 4.60. The van der Waals surface area contributed by atoms with Crippen molar-refractivity contribution in [3.8, 4) is 11.5 Å². The first kappa shape index (κ1) is 11.5. The van der Waals surface area contributed by atoms with Crippen LogP contribution in [0, 0.1) is 0 Å². The summed E-state index contributed by atoms with van der Waals surface area (Å²) in [4.78, 5) is 0. The Bertz CT molecular complexity index is 486. The lowest BCUT2D eigenvalue weighted by atomic mass is 10.1. The molecule has 2 aromatic carbocycles. The molecule has 0 radical (unpaired) electrons. The van der Waals surface area contributed by atoms with Gasteiger partial charge in [-0.3, -0.25) is 0 Å².